The van der Waals surface area contributed by atoms with Crippen LogP contribution >= 0.6 is 0 Å². The molecule has 1 saturated heterocycles. The molecule has 1 heterocycles. The molecule has 9 heteroatoms. The summed E-state index contributed by atoms with van der Waals surface area (Å²) in [6.07, 6.45) is 0.994. The van der Waals surface area contributed by atoms with Crippen LogP contribution in [0, 0.1) is 5.92 Å². The zero-order valence-electron chi connectivity index (χ0n) is 18.3. The molecular formula is C22H31N3O6. The van der Waals surface area contributed by atoms with E-state index in [1.165, 1.54) is 12.0 Å². The van der Waals surface area contributed by atoms with Gasteiger partial charge in [-0.2, -0.15) is 0 Å². The van der Waals surface area contributed by atoms with E-state index in [-0.39, 0.29) is 19.1 Å². The molecule has 2 rings (SSSR count). The van der Waals surface area contributed by atoms with Crippen LogP contribution in [-0.2, 0) is 30.5 Å². The number of likely N-dealkylation sites (tertiary alicyclic amines) is 1. The van der Waals surface area contributed by atoms with Gasteiger partial charge < -0.3 is 20.1 Å². The van der Waals surface area contributed by atoms with Crippen molar-refractivity contribution in [3.05, 3.63) is 35.9 Å². The monoisotopic (exact) mass is 433 g/mol. The fraction of sp³-hybridized carbons (Fsp3) is 0.545. The second-order valence-corrected chi connectivity index (χ2v) is 7.88. The second kappa shape index (κ2) is 11.9. The molecule has 0 spiro atoms. The highest BCUT2D eigenvalue weighted by atomic mass is 16.6. The minimum absolute atomic E-state index is 0.121. The van der Waals surface area contributed by atoms with Crippen molar-refractivity contribution >= 4 is 23.9 Å². The van der Waals surface area contributed by atoms with Crippen LogP contribution in [0.15, 0.2) is 30.3 Å². The van der Waals surface area contributed by atoms with Gasteiger partial charge in [0, 0.05) is 6.54 Å². The van der Waals surface area contributed by atoms with Crippen molar-refractivity contribution in [1.82, 2.24) is 15.5 Å². The molecule has 1 aliphatic rings. The minimum atomic E-state index is -0.819. The number of nitrogens with one attached hydrogen (secondary N) is 2. The Hall–Kier alpha value is -3.10. The standard InChI is InChI=1S/C22H31N3O6/c1-15(2)12-17(20(27)23-13-19(26)30-3)24-21(28)18-10-7-11-25(18)22(29)31-14-16-8-5-4-6-9-16/h4-6,8-9,15,17-18H,7,10-14H2,1-3H3,(H,23,27)(H,24,28)/t17-,18-/m0/s1. The molecule has 9 nitrogen and oxygen atoms in total. The van der Waals surface area contributed by atoms with Crippen LogP contribution in [0.5, 0.6) is 0 Å². The lowest BCUT2D eigenvalue weighted by molar-refractivity contribution is -0.141. The van der Waals surface area contributed by atoms with Gasteiger partial charge in [0.1, 0.15) is 25.2 Å². The third-order valence-electron chi connectivity index (χ3n) is 4.97. The lowest BCUT2D eigenvalue weighted by atomic mass is 10.0. The van der Waals surface area contributed by atoms with Crippen LogP contribution in [0.25, 0.3) is 0 Å². The minimum Gasteiger partial charge on any atom is -0.468 e. The van der Waals surface area contributed by atoms with Crippen molar-refractivity contribution in [2.75, 3.05) is 20.2 Å². The van der Waals surface area contributed by atoms with Crippen LogP contribution in [0.2, 0.25) is 0 Å². The number of hydrogen-bond donors (Lipinski definition) is 2. The first-order chi connectivity index (χ1) is 14.8. The summed E-state index contributed by atoms with van der Waals surface area (Å²) in [7, 11) is 1.23. The average molecular weight is 434 g/mol. The summed E-state index contributed by atoms with van der Waals surface area (Å²) in [5.41, 5.74) is 0.857. The molecular weight excluding hydrogens is 402 g/mol. The van der Waals surface area contributed by atoms with Crippen LogP contribution in [0.4, 0.5) is 4.79 Å². The van der Waals surface area contributed by atoms with E-state index in [1.807, 2.05) is 44.2 Å². The highest BCUT2D eigenvalue weighted by molar-refractivity contribution is 5.92. The summed E-state index contributed by atoms with van der Waals surface area (Å²) in [4.78, 5) is 50.6. The van der Waals surface area contributed by atoms with Crippen LogP contribution < -0.4 is 10.6 Å². The maximum absolute atomic E-state index is 12.9. The Bertz CT molecular complexity index is 768. The molecule has 1 fully saturated rings. The van der Waals surface area contributed by atoms with E-state index < -0.39 is 36.0 Å². The van der Waals surface area contributed by atoms with Crippen molar-refractivity contribution in [2.24, 2.45) is 5.92 Å². The predicted octanol–water partition coefficient (Wildman–Crippen LogP) is 1.61. The van der Waals surface area contributed by atoms with E-state index in [0.29, 0.717) is 25.8 Å². The molecule has 2 N–H and O–H groups in total. The number of rotatable bonds is 9. The van der Waals surface area contributed by atoms with E-state index in [0.717, 1.165) is 5.56 Å². The second-order valence-electron chi connectivity index (χ2n) is 7.88. The summed E-state index contributed by atoms with van der Waals surface area (Å²) in [6.45, 7) is 4.11. The number of hydrogen-bond acceptors (Lipinski definition) is 6. The van der Waals surface area contributed by atoms with Crippen molar-refractivity contribution in [3.8, 4) is 0 Å². The summed E-state index contributed by atoms with van der Waals surface area (Å²) < 4.78 is 9.88. The largest absolute Gasteiger partial charge is 0.468 e. The molecule has 170 valence electrons. The van der Waals surface area contributed by atoms with Gasteiger partial charge in [0.15, 0.2) is 0 Å². The fourth-order valence-corrected chi connectivity index (χ4v) is 3.39. The third-order valence-corrected chi connectivity index (χ3v) is 4.97. The summed E-state index contributed by atoms with van der Waals surface area (Å²) in [6, 6.07) is 7.77. The van der Waals surface area contributed by atoms with E-state index in [9.17, 15) is 19.2 Å². The van der Waals surface area contributed by atoms with Gasteiger partial charge in [0.25, 0.3) is 0 Å². The van der Waals surface area contributed by atoms with Gasteiger partial charge in [-0.15, -0.1) is 0 Å². The molecule has 0 bridgehead atoms. The molecule has 1 aromatic carbocycles. The Morgan fingerprint density at radius 2 is 1.87 bits per heavy atom. The number of ether oxygens (including phenoxy) is 2. The predicted molar refractivity (Wildman–Crippen MR) is 113 cm³/mol. The first kappa shape index (κ1) is 24.2. The smallest absolute Gasteiger partial charge is 0.410 e. The van der Waals surface area contributed by atoms with Crippen molar-refractivity contribution < 1.29 is 28.7 Å². The summed E-state index contributed by atoms with van der Waals surface area (Å²) in [5.74, 6) is -1.33. The molecule has 31 heavy (non-hydrogen) atoms. The summed E-state index contributed by atoms with van der Waals surface area (Å²) >= 11 is 0. The fourth-order valence-electron chi connectivity index (χ4n) is 3.39. The Balaban J connectivity index is 1.96. The van der Waals surface area contributed by atoms with Crippen LogP contribution in [0.3, 0.4) is 0 Å². The van der Waals surface area contributed by atoms with Crippen molar-refractivity contribution in [2.45, 2.75) is 51.8 Å². The maximum atomic E-state index is 12.9. The maximum Gasteiger partial charge on any atom is 0.410 e. The zero-order chi connectivity index (χ0) is 22.8. The molecule has 0 aliphatic carbocycles. The van der Waals surface area contributed by atoms with Gasteiger partial charge in [0.2, 0.25) is 11.8 Å². The molecule has 0 aromatic heterocycles. The molecule has 0 saturated carbocycles. The highest BCUT2D eigenvalue weighted by Crippen LogP contribution is 2.20. The summed E-state index contributed by atoms with van der Waals surface area (Å²) in [5, 5.41) is 5.21. The van der Waals surface area contributed by atoms with Gasteiger partial charge in [-0.1, -0.05) is 44.2 Å². The Labute approximate surface area is 182 Å². The lowest BCUT2D eigenvalue weighted by Gasteiger charge is -2.26. The van der Waals surface area contributed by atoms with Crippen LogP contribution in [0.1, 0.15) is 38.7 Å². The van der Waals surface area contributed by atoms with Crippen molar-refractivity contribution in [1.29, 1.82) is 0 Å². The first-order valence-electron chi connectivity index (χ1n) is 10.4. The third kappa shape index (κ3) is 7.58. The Morgan fingerprint density at radius 1 is 1.16 bits per heavy atom. The normalized spacial score (nSPS) is 16.5. The molecule has 3 amide bonds. The first-order valence-corrected chi connectivity index (χ1v) is 10.4. The number of benzene rings is 1. The van der Waals surface area contributed by atoms with E-state index in [1.54, 1.807) is 0 Å². The van der Waals surface area contributed by atoms with E-state index >= 15 is 0 Å². The highest BCUT2D eigenvalue weighted by Gasteiger charge is 2.37. The average Bonchev–Trinajstić information content (AvgIpc) is 3.25. The number of carbonyl (C=O) groups excluding carboxylic acids is 4. The molecule has 1 aromatic rings. The molecule has 1 aliphatic heterocycles. The van der Waals surface area contributed by atoms with Gasteiger partial charge >= 0.3 is 12.1 Å². The Kier molecular flexibility index (Phi) is 9.30. The van der Waals surface area contributed by atoms with Gasteiger partial charge in [-0.05, 0) is 30.7 Å². The SMILES string of the molecule is COC(=O)CNC(=O)[C@H](CC(C)C)NC(=O)[C@@H]1CCCN1C(=O)OCc1ccccc1. The van der Waals surface area contributed by atoms with Gasteiger partial charge in [0.05, 0.1) is 7.11 Å². The molecule has 0 unspecified atom stereocenters. The lowest BCUT2D eigenvalue weighted by Crippen LogP contribution is -2.54. The van der Waals surface area contributed by atoms with E-state index in [4.69, 9.17) is 4.74 Å². The number of carbonyl (C=O) groups is 4. The Morgan fingerprint density at radius 3 is 2.52 bits per heavy atom. The molecule has 2 atom stereocenters. The van der Waals surface area contributed by atoms with E-state index in [2.05, 4.69) is 15.4 Å². The number of methoxy groups -OCH3 is 1. The number of amides is 3. The van der Waals surface area contributed by atoms with Gasteiger partial charge in [-0.25, -0.2) is 4.79 Å². The van der Waals surface area contributed by atoms with Crippen molar-refractivity contribution in [3.63, 3.8) is 0 Å². The quantitative estimate of drug-likeness (QED) is 0.572. The number of nitrogens with zero attached hydrogens (tertiary/aromatic N) is 1. The van der Waals surface area contributed by atoms with Crippen LogP contribution in [-0.4, -0.2) is 61.1 Å². The zero-order valence-corrected chi connectivity index (χ0v) is 18.3. The van der Waals surface area contributed by atoms with Gasteiger partial charge in [-0.3, -0.25) is 19.3 Å². The topological polar surface area (TPSA) is 114 Å². The number of esters is 1. The molecule has 0 radical (unpaired) electrons.